The highest BCUT2D eigenvalue weighted by atomic mass is 79.9. The smallest absolute Gasteiger partial charge is 0.293 e. The average Bonchev–Trinajstić information content (AvgIpc) is 2.67. The molecule has 0 atom stereocenters. The topological polar surface area (TPSA) is 46.6 Å². The molecule has 0 bridgehead atoms. The Balaban J connectivity index is 2.28. The number of nitrogens with zero attached hydrogens (tertiary/aromatic N) is 1. The minimum atomic E-state index is -0.285. The first-order valence-corrected chi connectivity index (χ1v) is 7.37. The standard InChI is InChI=1S/C14H12BrNO3S/c1-3-6-16-13(17)12(20-14(16)18)8-9-4-5-11(19-2)10(15)7-9/h3-5,7-8H,1,6H2,2H3/b12-8+. The van der Waals surface area contributed by atoms with Gasteiger partial charge in [0, 0.05) is 6.54 Å². The number of halogens is 1. The maximum atomic E-state index is 12.1. The van der Waals surface area contributed by atoms with Gasteiger partial charge in [0.05, 0.1) is 16.5 Å². The molecule has 6 heteroatoms. The first-order chi connectivity index (χ1) is 9.56. The van der Waals surface area contributed by atoms with Crippen LogP contribution in [0.25, 0.3) is 6.08 Å². The second-order valence-corrected chi connectivity index (χ2v) is 5.82. The lowest BCUT2D eigenvalue weighted by Gasteiger charge is -2.07. The third kappa shape index (κ3) is 2.96. The first-order valence-electron chi connectivity index (χ1n) is 5.76. The number of ether oxygens (including phenoxy) is 1. The van der Waals surface area contributed by atoms with Crippen molar-refractivity contribution < 1.29 is 14.3 Å². The number of hydrogen-bond donors (Lipinski definition) is 0. The molecule has 0 aromatic heterocycles. The molecule has 0 N–H and O–H groups in total. The van der Waals surface area contributed by atoms with Gasteiger partial charge in [-0.3, -0.25) is 14.5 Å². The van der Waals surface area contributed by atoms with Crippen LogP contribution in [-0.4, -0.2) is 29.7 Å². The molecule has 0 unspecified atom stereocenters. The molecule has 1 aliphatic rings. The third-order valence-electron chi connectivity index (χ3n) is 2.66. The van der Waals surface area contributed by atoms with Gasteiger partial charge in [-0.1, -0.05) is 12.1 Å². The lowest BCUT2D eigenvalue weighted by atomic mass is 10.2. The molecule has 20 heavy (non-hydrogen) atoms. The summed E-state index contributed by atoms with van der Waals surface area (Å²) in [5.74, 6) is 0.425. The van der Waals surface area contributed by atoms with Crippen molar-refractivity contribution in [3.63, 3.8) is 0 Å². The summed E-state index contributed by atoms with van der Waals surface area (Å²) >= 11 is 4.32. The predicted octanol–water partition coefficient (Wildman–Crippen LogP) is 3.68. The van der Waals surface area contributed by atoms with Crippen molar-refractivity contribution in [1.82, 2.24) is 4.90 Å². The summed E-state index contributed by atoms with van der Waals surface area (Å²) < 4.78 is 5.93. The van der Waals surface area contributed by atoms with Crippen molar-refractivity contribution in [1.29, 1.82) is 0 Å². The van der Waals surface area contributed by atoms with Gasteiger partial charge in [-0.05, 0) is 51.5 Å². The fraction of sp³-hybridized carbons (Fsp3) is 0.143. The van der Waals surface area contributed by atoms with Gasteiger partial charge in [0.25, 0.3) is 11.1 Å². The van der Waals surface area contributed by atoms with Gasteiger partial charge < -0.3 is 4.74 Å². The van der Waals surface area contributed by atoms with Crippen LogP contribution in [0.4, 0.5) is 4.79 Å². The van der Waals surface area contributed by atoms with Crippen LogP contribution in [0.2, 0.25) is 0 Å². The Kier molecular flexibility index (Phi) is 4.67. The first kappa shape index (κ1) is 14.9. The zero-order chi connectivity index (χ0) is 14.7. The molecule has 104 valence electrons. The highest BCUT2D eigenvalue weighted by Crippen LogP contribution is 2.33. The van der Waals surface area contributed by atoms with Crippen LogP contribution in [0.1, 0.15) is 5.56 Å². The minimum Gasteiger partial charge on any atom is -0.496 e. The molecule has 4 nitrogen and oxygen atoms in total. The van der Waals surface area contributed by atoms with Crippen LogP contribution in [0.15, 0.2) is 40.2 Å². The number of carbonyl (C=O) groups excluding carboxylic acids is 2. The predicted molar refractivity (Wildman–Crippen MR) is 83.6 cm³/mol. The van der Waals surface area contributed by atoms with Crippen molar-refractivity contribution >= 4 is 44.9 Å². The lowest BCUT2D eigenvalue weighted by Crippen LogP contribution is -2.27. The Morgan fingerprint density at radius 2 is 2.20 bits per heavy atom. The molecule has 0 saturated carbocycles. The second-order valence-electron chi connectivity index (χ2n) is 3.97. The van der Waals surface area contributed by atoms with Gasteiger partial charge in [0.1, 0.15) is 5.75 Å². The minimum absolute atomic E-state index is 0.230. The van der Waals surface area contributed by atoms with E-state index in [1.54, 1.807) is 19.3 Å². The second kappa shape index (κ2) is 6.28. The molecule has 2 amide bonds. The number of carbonyl (C=O) groups is 2. The van der Waals surface area contributed by atoms with E-state index in [9.17, 15) is 9.59 Å². The molecule has 1 aromatic carbocycles. The molecule has 0 radical (unpaired) electrons. The third-order valence-corrected chi connectivity index (χ3v) is 4.19. The van der Waals surface area contributed by atoms with Gasteiger partial charge >= 0.3 is 0 Å². The van der Waals surface area contributed by atoms with E-state index in [1.165, 1.54) is 11.0 Å². The zero-order valence-corrected chi connectivity index (χ0v) is 13.2. The molecule has 1 fully saturated rings. The Morgan fingerprint density at radius 1 is 1.45 bits per heavy atom. The Morgan fingerprint density at radius 3 is 2.80 bits per heavy atom. The highest BCUT2D eigenvalue weighted by Gasteiger charge is 2.33. The maximum absolute atomic E-state index is 12.1. The quantitative estimate of drug-likeness (QED) is 0.611. The van der Waals surface area contributed by atoms with E-state index >= 15 is 0 Å². The van der Waals surface area contributed by atoms with E-state index in [1.807, 2.05) is 12.1 Å². The number of methoxy groups -OCH3 is 1. The van der Waals surface area contributed by atoms with Crippen LogP contribution in [0.3, 0.4) is 0 Å². The fourth-order valence-corrected chi connectivity index (χ4v) is 3.12. The summed E-state index contributed by atoms with van der Waals surface area (Å²) in [6.45, 7) is 3.77. The molecule has 0 aliphatic carbocycles. The van der Waals surface area contributed by atoms with Crippen molar-refractivity contribution in [2.24, 2.45) is 0 Å². The molecular weight excluding hydrogens is 342 g/mol. The van der Waals surface area contributed by atoms with Crippen molar-refractivity contribution in [3.8, 4) is 5.75 Å². The Labute approximate surface area is 129 Å². The molecule has 1 heterocycles. The maximum Gasteiger partial charge on any atom is 0.293 e. The van der Waals surface area contributed by atoms with Gasteiger partial charge in [0.2, 0.25) is 0 Å². The van der Waals surface area contributed by atoms with Crippen LogP contribution in [0.5, 0.6) is 5.75 Å². The molecular formula is C14H12BrNO3S. The van der Waals surface area contributed by atoms with Crippen LogP contribution in [0, 0.1) is 0 Å². The summed E-state index contributed by atoms with van der Waals surface area (Å²) in [5.41, 5.74) is 0.821. The normalized spacial score (nSPS) is 16.9. The number of thioether (sulfide) groups is 1. The summed E-state index contributed by atoms with van der Waals surface area (Å²) in [5, 5.41) is -0.270. The van der Waals surface area contributed by atoms with Gasteiger partial charge in [-0.15, -0.1) is 6.58 Å². The van der Waals surface area contributed by atoms with Crippen molar-refractivity contribution in [2.75, 3.05) is 13.7 Å². The van der Waals surface area contributed by atoms with Crippen molar-refractivity contribution in [3.05, 3.63) is 45.8 Å². The summed E-state index contributed by atoms with van der Waals surface area (Å²) in [4.78, 5) is 25.3. The van der Waals surface area contributed by atoms with E-state index in [-0.39, 0.29) is 17.7 Å². The van der Waals surface area contributed by atoms with Crippen LogP contribution < -0.4 is 4.74 Å². The highest BCUT2D eigenvalue weighted by molar-refractivity contribution is 9.10. The van der Waals surface area contributed by atoms with E-state index in [0.717, 1.165) is 21.8 Å². The van der Waals surface area contributed by atoms with Crippen molar-refractivity contribution in [2.45, 2.75) is 0 Å². The van der Waals surface area contributed by atoms with Crippen LogP contribution >= 0.6 is 27.7 Å². The molecule has 1 saturated heterocycles. The largest absolute Gasteiger partial charge is 0.496 e. The number of imide groups is 1. The number of hydrogen-bond acceptors (Lipinski definition) is 4. The van der Waals surface area contributed by atoms with Gasteiger partial charge in [-0.25, -0.2) is 0 Å². The number of benzene rings is 1. The van der Waals surface area contributed by atoms with E-state index in [4.69, 9.17) is 4.74 Å². The Hall–Kier alpha value is -1.53. The lowest BCUT2D eigenvalue weighted by molar-refractivity contribution is -0.122. The number of rotatable bonds is 4. The van der Waals surface area contributed by atoms with E-state index in [2.05, 4.69) is 22.5 Å². The van der Waals surface area contributed by atoms with Crippen LogP contribution in [-0.2, 0) is 4.79 Å². The summed E-state index contributed by atoms with van der Waals surface area (Å²) in [6, 6.07) is 5.45. The number of amides is 2. The fourth-order valence-electron chi connectivity index (χ4n) is 1.71. The molecule has 0 spiro atoms. The monoisotopic (exact) mass is 353 g/mol. The Bertz CT molecular complexity index is 612. The zero-order valence-electron chi connectivity index (χ0n) is 10.8. The molecule has 2 rings (SSSR count). The summed E-state index contributed by atoms with van der Waals surface area (Å²) in [7, 11) is 1.58. The SMILES string of the molecule is C=CCN1C(=O)S/C(=C/c2ccc(OC)c(Br)c2)C1=O. The molecule has 1 aliphatic heterocycles. The van der Waals surface area contributed by atoms with Gasteiger partial charge in [0.15, 0.2) is 0 Å². The van der Waals surface area contributed by atoms with Gasteiger partial charge in [-0.2, -0.15) is 0 Å². The average molecular weight is 354 g/mol. The molecule has 1 aromatic rings. The summed E-state index contributed by atoms with van der Waals surface area (Å²) in [6.07, 6.45) is 3.22. The van der Waals surface area contributed by atoms with E-state index in [0.29, 0.717) is 10.7 Å². The van der Waals surface area contributed by atoms with E-state index < -0.39 is 0 Å².